The lowest BCUT2D eigenvalue weighted by atomic mass is 10.0. The fourth-order valence-electron chi connectivity index (χ4n) is 2.75. The minimum Gasteiger partial charge on any atom is -0.483 e. The summed E-state index contributed by atoms with van der Waals surface area (Å²) in [6, 6.07) is 16.0. The fraction of sp³-hybridized carbons (Fsp3) is 0.143. The SMILES string of the molecule is O=C(COc1ccc(C(=O)Nc2cccc(F)c2)c2ccccc12)NCCO. The summed E-state index contributed by atoms with van der Waals surface area (Å²) in [5, 5.41) is 15.2. The Labute approximate surface area is 160 Å². The second-order valence-electron chi connectivity index (χ2n) is 5.98. The highest BCUT2D eigenvalue weighted by molar-refractivity contribution is 6.14. The first-order valence-corrected chi connectivity index (χ1v) is 8.67. The van der Waals surface area contributed by atoms with E-state index in [1.54, 1.807) is 42.5 Å². The molecule has 0 heterocycles. The van der Waals surface area contributed by atoms with E-state index in [4.69, 9.17) is 9.84 Å². The standard InChI is InChI=1S/C21H19FN2O4/c22-14-4-3-5-15(12-14)24-21(27)18-8-9-19(17-7-2-1-6-16(17)18)28-13-20(26)23-10-11-25/h1-9,12,25H,10-11,13H2,(H,23,26)(H,24,27). The number of halogens is 1. The van der Waals surface area contributed by atoms with Crippen LogP contribution in [0.25, 0.3) is 10.8 Å². The number of hydrogen-bond acceptors (Lipinski definition) is 4. The Bertz CT molecular complexity index is 1010. The molecular weight excluding hydrogens is 363 g/mol. The average Bonchev–Trinajstić information content (AvgIpc) is 2.70. The van der Waals surface area contributed by atoms with Crippen molar-refractivity contribution in [3.05, 3.63) is 72.0 Å². The van der Waals surface area contributed by atoms with Crippen LogP contribution in [-0.4, -0.2) is 36.7 Å². The third-order valence-electron chi connectivity index (χ3n) is 4.00. The number of anilines is 1. The molecule has 0 aliphatic heterocycles. The highest BCUT2D eigenvalue weighted by Gasteiger charge is 2.14. The first kappa shape index (κ1) is 19.3. The quantitative estimate of drug-likeness (QED) is 0.586. The van der Waals surface area contributed by atoms with E-state index in [2.05, 4.69) is 10.6 Å². The van der Waals surface area contributed by atoms with Gasteiger partial charge < -0.3 is 20.5 Å². The van der Waals surface area contributed by atoms with E-state index in [-0.39, 0.29) is 31.6 Å². The first-order chi connectivity index (χ1) is 13.6. The average molecular weight is 382 g/mol. The summed E-state index contributed by atoms with van der Waals surface area (Å²) in [5.74, 6) is -0.719. The van der Waals surface area contributed by atoms with Gasteiger partial charge in [-0.1, -0.05) is 30.3 Å². The number of amides is 2. The highest BCUT2D eigenvalue weighted by atomic mass is 19.1. The molecule has 2 amide bonds. The summed E-state index contributed by atoms with van der Waals surface area (Å²) in [5.41, 5.74) is 0.756. The molecule has 0 saturated heterocycles. The topological polar surface area (TPSA) is 87.7 Å². The van der Waals surface area contributed by atoms with Gasteiger partial charge >= 0.3 is 0 Å². The van der Waals surface area contributed by atoms with Crippen LogP contribution < -0.4 is 15.4 Å². The summed E-state index contributed by atoms with van der Waals surface area (Å²) in [6.07, 6.45) is 0. The number of hydrogen-bond donors (Lipinski definition) is 3. The smallest absolute Gasteiger partial charge is 0.258 e. The predicted octanol–water partition coefficient (Wildman–Crippen LogP) is 2.72. The number of rotatable bonds is 7. The second-order valence-corrected chi connectivity index (χ2v) is 5.98. The predicted molar refractivity (Wildman–Crippen MR) is 104 cm³/mol. The van der Waals surface area contributed by atoms with Crippen molar-refractivity contribution in [1.29, 1.82) is 0 Å². The van der Waals surface area contributed by atoms with E-state index in [9.17, 15) is 14.0 Å². The molecule has 0 aliphatic rings. The summed E-state index contributed by atoms with van der Waals surface area (Å²) in [7, 11) is 0. The maximum atomic E-state index is 13.3. The van der Waals surface area contributed by atoms with Crippen molar-refractivity contribution in [2.75, 3.05) is 25.1 Å². The van der Waals surface area contributed by atoms with Gasteiger partial charge in [-0.15, -0.1) is 0 Å². The molecule has 3 aromatic carbocycles. The molecule has 0 unspecified atom stereocenters. The molecule has 0 fully saturated rings. The van der Waals surface area contributed by atoms with Crippen molar-refractivity contribution < 1.29 is 23.8 Å². The Morgan fingerprint density at radius 1 is 1.00 bits per heavy atom. The van der Waals surface area contributed by atoms with Crippen molar-refractivity contribution in [2.24, 2.45) is 0 Å². The maximum absolute atomic E-state index is 13.3. The van der Waals surface area contributed by atoms with E-state index in [1.807, 2.05) is 0 Å². The van der Waals surface area contributed by atoms with Gasteiger partial charge in [-0.2, -0.15) is 0 Å². The van der Waals surface area contributed by atoms with Crippen LogP contribution in [0.1, 0.15) is 10.4 Å². The van der Waals surface area contributed by atoms with Crippen molar-refractivity contribution in [3.8, 4) is 5.75 Å². The van der Waals surface area contributed by atoms with Crippen LogP contribution in [-0.2, 0) is 4.79 Å². The number of nitrogens with one attached hydrogen (secondary N) is 2. The van der Waals surface area contributed by atoms with Crippen molar-refractivity contribution in [2.45, 2.75) is 0 Å². The molecule has 0 saturated carbocycles. The largest absolute Gasteiger partial charge is 0.483 e. The van der Waals surface area contributed by atoms with Gasteiger partial charge in [0.05, 0.1) is 6.61 Å². The molecule has 144 valence electrons. The number of carbonyl (C=O) groups excluding carboxylic acids is 2. The minimum atomic E-state index is -0.439. The van der Waals surface area contributed by atoms with Gasteiger partial charge in [-0.3, -0.25) is 9.59 Å². The van der Waals surface area contributed by atoms with Crippen LogP contribution >= 0.6 is 0 Å². The molecule has 7 heteroatoms. The van der Waals surface area contributed by atoms with Gasteiger partial charge in [-0.05, 0) is 35.7 Å². The van der Waals surface area contributed by atoms with Crippen molar-refractivity contribution in [3.63, 3.8) is 0 Å². The number of fused-ring (bicyclic) bond motifs is 1. The van der Waals surface area contributed by atoms with Gasteiger partial charge in [0, 0.05) is 23.2 Å². The minimum absolute atomic E-state index is 0.149. The lowest BCUT2D eigenvalue weighted by Gasteiger charge is -2.13. The number of aliphatic hydroxyl groups is 1. The molecule has 3 rings (SSSR count). The molecule has 28 heavy (non-hydrogen) atoms. The molecule has 0 bridgehead atoms. The highest BCUT2D eigenvalue weighted by Crippen LogP contribution is 2.29. The van der Waals surface area contributed by atoms with Gasteiger partial charge in [0.25, 0.3) is 11.8 Å². The second kappa shape index (κ2) is 8.96. The molecule has 0 radical (unpaired) electrons. The summed E-state index contributed by atoms with van der Waals surface area (Å²) in [4.78, 5) is 24.3. The molecule has 6 nitrogen and oxygen atoms in total. The number of carbonyl (C=O) groups is 2. The van der Waals surface area contributed by atoms with E-state index in [0.29, 0.717) is 27.8 Å². The van der Waals surface area contributed by atoms with E-state index in [1.165, 1.54) is 18.2 Å². The Kier molecular flexibility index (Phi) is 6.18. The van der Waals surface area contributed by atoms with Crippen LogP contribution in [0.3, 0.4) is 0 Å². The molecule has 0 aromatic heterocycles. The molecule has 0 aliphatic carbocycles. The fourth-order valence-corrected chi connectivity index (χ4v) is 2.75. The number of benzene rings is 3. The molecular formula is C21H19FN2O4. The van der Waals surface area contributed by atoms with Crippen LogP contribution in [0.5, 0.6) is 5.75 Å². The van der Waals surface area contributed by atoms with Crippen LogP contribution in [0, 0.1) is 5.82 Å². The lowest BCUT2D eigenvalue weighted by Crippen LogP contribution is -2.31. The Balaban J connectivity index is 1.83. The zero-order valence-electron chi connectivity index (χ0n) is 14.9. The normalized spacial score (nSPS) is 10.5. The first-order valence-electron chi connectivity index (χ1n) is 8.67. The van der Waals surface area contributed by atoms with Crippen molar-refractivity contribution in [1.82, 2.24) is 5.32 Å². The van der Waals surface area contributed by atoms with E-state index >= 15 is 0 Å². The third kappa shape index (κ3) is 4.63. The van der Waals surface area contributed by atoms with E-state index in [0.717, 1.165) is 0 Å². The maximum Gasteiger partial charge on any atom is 0.258 e. The molecule has 0 spiro atoms. The third-order valence-corrected chi connectivity index (χ3v) is 4.00. The lowest BCUT2D eigenvalue weighted by molar-refractivity contribution is -0.123. The Hall–Kier alpha value is -3.45. The van der Waals surface area contributed by atoms with E-state index < -0.39 is 5.82 Å². The van der Waals surface area contributed by atoms with Crippen LogP contribution in [0.4, 0.5) is 10.1 Å². The zero-order valence-corrected chi connectivity index (χ0v) is 14.9. The Morgan fingerprint density at radius 2 is 1.79 bits per heavy atom. The monoisotopic (exact) mass is 382 g/mol. The molecule has 3 N–H and O–H groups in total. The number of ether oxygens (including phenoxy) is 1. The van der Waals surface area contributed by atoms with Crippen LogP contribution in [0.2, 0.25) is 0 Å². The Morgan fingerprint density at radius 3 is 2.54 bits per heavy atom. The number of aliphatic hydroxyl groups excluding tert-OH is 1. The summed E-state index contributed by atoms with van der Waals surface area (Å²) < 4.78 is 18.9. The molecule has 0 atom stereocenters. The zero-order chi connectivity index (χ0) is 19.9. The summed E-state index contributed by atoms with van der Waals surface area (Å²) >= 11 is 0. The van der Waals surface area contributed by atoms with Gasteiger partial charge in [0.1, 0.15) is 11.6 Å². The van der Waals surface area contributed by atoms with Gasteiger partial charge in [-0.25, -0.2) is 4.39 Å². The van der Waals surface area contributed by atoms with Gasteiger partial charge in [0.15, 0.2) is 6.61 Å². The van der Waals surface area contributed by atoms with Gasteiger partial charge in [0.2, 0.25) is 0 Å². The molecule has 3 aromatic rings. The summed E-state index contributed by atoms with van der Waals surface area (Å²) in [6.45, 7) is -0.204. The van der Waals surface area contributed by atoms with Crippen molar-refractivity contribution >= 4 is 28.3 Å². The van der Waals surface area contributed by atoms with Crippen LogP contribution in [0.15, 0.2) is 60.7 Å².